The van der Waals surface area contributed by atoms with Crippen LogP contribution >= 0.6 is 0 Å². The molecule has 156 valence electrons. The van der Waals surface area contributed by atoms with Crippen molar-refractivity contribution in [1.29, 1.82) is 0 Å². The summed E-state index contributed by atoms with van der Waals surface area (Å²) in [7, 11) is 2.21. The maximum Gasteiger partial charge on any atom is 0.191 e. The van der Waals surface area contributed by atoms with Crippen molar-refractivity contribution in [1.82, 2.24) is 20.4 Å². The molecule has 28 heavy (non-hydrogen) atoms. The van der Waals surface area contributed by atoms with Crippen LogP contribution in [0.3, 0.4) is 0 Å². The molecule has 2 aliphatic rings. The Morgan fingerprint density at radius 3 is 2.54 bits per heavy atom. The molecule has 0 spiro atoms. The number of hydrogen-bond acceptors (Lipinski definition) is 3. The van der Waals surface area contributed by atoms with E-state index in [1.165, 1.54) is 44.3 Å². The van der Waals surface area contributed by atoms with Gasteiger partial charge in [-0.05, 0) is 58.6 Å². The van der Waals surface area contributed by atoms with Crippen LogP contribution in [0, 0.1) is 0 Å². The highest BCUT2D eigenvalue weighted by molar-refractivity contribution is 5.80. The van der Waals surface area contributed by atoms with Crippen LogP contribution in [0.5, 0.6) is 0 Å². The molecule has 1 aromatic carbocycles. The summed E-state index contributed by atoms with van der Waals surface area (Å²) in [6, 6.07) is 12.7. The predicted molar refractivity (Wildman–Crippen MR) is 119 cm³/mol. The second-order valence-electron chi connectivity index (χ2n) is 8.48. The molecule has 1 aromatic rings. The molecule has 1 atom stereocenters. The minimum absolute atomic E-state index is 0.508. The minimum atomic E-state index is 0.508. The molecular formula is C23H39N5. The fourth-order valence-electron chi connectivity index (χ4n) is 3.97. The zero-order valence-electron chi connectivity index (χ0n) is 18.0. The number of aliphatic imine (C=N–C) groups is 1. The van der Waals surface area contributed by atoms with E-state index in [-0.39, 0.29) is 0 Å². The van der Waals surface area contributed by atoms with Crippen molar-refractivity contribution in [3.8, 4) is 0 Å². The van der Waals surface area contributed by atoms with E-state index in [0.717, 1.165) is 38.1 Å². The van der Waals surface area contributed by atoms with Gasteiger partial charge < -0.3 is 15.5 Å². The topological polar surface area (TPSA) is 42.9 Å². The smallest absolute Gasteiger partial charge is 0.191 e. The van der Waals surface area contributed by atoms with Crippen LogP contribution in [-0.2, 0) is 6.54 Å². The standard InChI is InChI=1S/C23H39N5/c1-4-24-23(26-21-13-16-28(17-14-21)22-10-11-22)25-15-12-19(2)27(3)18-20-8-6-5-7-9-20/h5-9,19,21-22H,4,10-18H2,1-3H3,(H2,24,25,26). The summed E-state index contributed by atoms with van der Waals surface area (Å²) in [4.78, 5) is 9.95. The number of guanidine groups is 1. The van der Waals surface area contributed by atoms with E-state index in [9.17, 15) is 0 Å². The van der Waals surface area contributed by atoms with E-state index in [0.29, 0.717) is 12.1 Å². The molecule has 5 nitrogen and oxygen atoms in total. The third-order valence-corrected chi connectivity index (χ3v) is 6.12. The van der Waals surface area contributed by atoms with E-state index in [1.807, 2.05) is 0 Å². The predicted octanol–water partition coefficient (Wildman–Crippen LogP) is 3.08. The Morgan fingerprint density at radius 2 is 1.89 bits per heavy atom. The Hall–Kier alpha value is -1.59. The summed E-state index contributed by atoms with van der Waals surface area (Å²) in [5.74, 6) is 0.991. The summed E-state index contributed by atoms with van der Waals surface area (Å²) < 4.78 is 0. The Bertz CT molecular complexity index is 590. The van der Waals surface area contributed by atoms with Gasteiger partial charge in [0.05, 0.1) is 0 Å². The number of piperidine rings is 1. The largest absolute Gasteiger partial charge is 0.357 e. The van der Waals surface area contributed by atoms with Crippen molar-refractivity contribution in [2.24, 2.45) is 4.99 Å². The Balaban J connectivity index is 1.40. The van der Waals surface area contributed by atoms with Gasteiger partial charge in [0.1, 0.15) is 0 Å². The highest BCUT2D eigenvalue weighted by Gasteiger charge is 2.31. The van der Waals surface area contributed by atoms with Gasteiger partial charge in [0, 0.05) is 50.8 Å². The molecule has 2 N–H and O–H groups in total. The number of rotatable bonds is 9. The lowest BCUT2D eigenvalue weighted by molar-refractivity contribution is 0.197. The lowest BCUT2D eigenvalue weighted by Crippen LogP contribution is -2.49. The Kier molecular flexibility index (Phi) is 8.16. The van der Waals surface area contributed by atoms with Crippen LogP contribution in [-0.4, -0.2) is 67.1 Å². The first-order valence-electron chi connectivity index (χ1n) is 11.2. The third kappa shape index (κ3) is 6.78. The van der Waals surface area contributed by atoms with Gasteiger partial charge in [0.15, 0.2) is 5.96 Å². The van der Waals surface area contributed by atoms with Crippen LogP contribution in [0.25, 0.3) is 0 Å². The minimum Gasteiger partial charge on any atom is -0.357 e. The van der Waals surface area contributed by atoms with Crippen molar-refractivity contribution in [3.63, 3.8) is 0 Å². The van der Waals surface area contributed by atoms with Gasteiger partial charge in [-0.25, -0.2) is 0 Å². The monoisotopic (exact) mass is 385 g/mol. The van der Waals surface area contributed by atoms with Gasteiger partial charge in [0.2, 0.25) is 0 Å². The molecule has 2 fully saturated rings. The molecule has 1 saturated heterocycles. The van der Waals surface area contributed by atoms with Crippen molar-refractivity contribution in [2.45, 2.75) is 70.6 Å². The summed E-state index contributed by atoms with van der Waals surface area (Å²) in [6.45, 7) is 9.68. The molecule has 0 amide bonds. The second-order valence-corrected chi connectivity index (χ2v) is 8.48. The van der Waals surface area contributed by atoms with Gasteiger partial charge in [-0.1, -0.05) is 30.3 Å². The normalized spacial score (nSPS) is 20.4. The maximum absolute atomic E-state index is 4.86. The highest BCUT2D eigenvalue weighted by atomic mass is 15.2. The summed E-state index contributed by atoms with van der Waals surface area (Å²) >= 11 is 0. The summed E-state index contributed by atoms with van der Waals surface area (Å²) in [5.41, 5.74) is 1.37. The van der Waals surface area contributed by atoms with Crippen molar-refractivity contribution in [2.75, 3.05) is 33.2 Å². The molecular weight excluding hydrogens is 346 g/mol. The van der Waals surface area contributed by atoms with Crippen molar-refractivity contribution >= 4 is 5.96 Å². The zero-order chi connectivity index (χ0) is 19.8. The highest BCUT2D eigenvalue weighted by Crippen LogP contribution is 2.29. The average Bonchev–Trinajstić information content (AvgIpc) is 3.54. The lowest BCUT2D eigenvalue weighted by atomic mass is 10.1. The Morgan fingerprint density at radius 1 is 1.18 bits per heavy atom. The van der Waals surface area contributed by atoms with Gasteiger partial charge in [-0.15, -0.1) is 0 Å². The molecule has 1 saturated carbocycles. The number of benzene rings is 1. The van der Waals surface area contributed by atoms with E-state index in [2.05, 4.69) is 71.7 Å². The van der Waals surface area contributed by atoms with E-state index < -0.39 is 0 Å². The first-order valence-corrected chi connectivity index (χ1v) is 11.2. The molecule has 3 rings (SSSR count). The third-order valence-electron chi connectivity index (χ3n) is 6.12. The van der Waals surface area contributed by atoms with Crippen molar-refractivity contribution < 1.29 is 0 Å². The van der Waals surface area contributed by atoms with E-state index >= 15 is 0 Å². The van der Waals surface area contributed by atoms with Gasteiger partial charge in [-0.2, -0.15) is 0 Å². The lowest BCUT2D eigenvalue weighted by Gasteiger charge is -2.33. The molecule has 0 bridgehead atoms. The second kappa shape index (κ2) is 10.8. The first kappa shape index (κ1) is 21.1. The number of hydrogen-bond donors (Lipinski definition) is 2. The number of likely N-dealkylation sites (tertiary alicyclic amines) is 1. The van der Waals surface area contributed by atoms with Gasteiger partial charge in [-0.3, -0.25) is 9.89 Å². The van der Waals surface area contributed by atoms with Crippen LogP contribution in [0.2, 0.25) is 0 Å². The molecule has 0 aromatic heterocycles. The van der Waals surface area contributed by atoms with Crippen LogP contribution in [0.4, 0.5) is 0 Å². The van der Waals surface area contributed by atoms with Gasteiger partial charge in [0.25, 0.3) is 0 Å². The fraction of sp³-hybridized carbons (Fsp3) is 0.696. The average molecular weight is 386 g/mol. The summed E-state index contributed by atoms with van der Waals surface area (Å²) in [6.07, 6.45) is 6.37. The maximum atomic E-state index is 4.86. The first-order chi connectivity index (χ1) is 13.7. The summed E-state index contributed by atoms with van der Waals surface area (Å²) in [5, 5.41) is 7.11. The van der Waals surface area contributed by atoms with Gasteiger partial charge >= 0.3 is 0 Å². The molecule has 1 aliphatic heterocycles. The number of nitrogens with zero attached hydrogens (tertiary/aromatic N) is 3. The molecule has 5 heteroatoms. The molecule has 1 heterocycles. The van der Waals surface area contributed by atoms with Crippen molar-refractivity contribution in [3.05, 3.63) is 35.9 Å². The SMILES string of the molecule is CCNC(=NCCC(C)N(C)Cc1ccccc1)NC1CCN(C2CC2)CC1. The van der Waals surface area contributed by atoms with E-state index in [4.69, 9.17) is 4.99 Å². The van der Waals surface area contributed by atoms with E-state index in [1.54, 1.807) is 0 Å². The Labute approximate surface area is 171 Å². The fourth-order valence-corrected chi connectivity index (χ4v) is 3.97. The molecule has 1 aliphatic carbocycles. The molecule has 1 unspecified atom stereocenters. The van der Waals surface area contributed by atoms with Crippen LogP contribution < -0.4 is 10.6 Å². The number of nitrogens with one attached hydrogen (secondary N) is 2. The zero-order valence-corrected chi connectivity index (χ0v) is 18.0. The molecule has 0 radical (unpaired) electrons. The van der Waals surface area contributed by atoms with Crippen LogP contribution in [0.15, 0.2) is 35.3 Å². The quantitative estimate of drug-likeness (QED) is 0.506. The van der Waals surface area contributed by atoms with Crippen LogP contribution in [0.1, 0.15) is 51.5 Å².